The highest BCUT2D eigenvalue weighted by atomic mass is 16.5. The number of hydrogen-bond acceptors (Lipinski definition) is 4. The lowest BCUT2D eigenvalue weighted by atomic mass is 9.87. The fourth-order valence-corrected chi connectivity index (χ4v) is 2.94. The molecular weight excluding hydrogens is 388 g/mol. The highest BCUT2D eigenvalue weighted by molar-refractivity contribution is 6.06. The first-order chi connectivity index (χ1) is 14.8. The summed E-state index contributed by atoms with van der Waals surface area (Å²) in [5, 5.41) is 0. The Labute approximate surface area is 183 Å². The van der Waals surface area contributed by atoms with Crippen LogP contribution in [0.4, 0.5) is 0 Å². The summed E-state index contributed by atoms with van der Waals surface area (Å²) in [6.45, 7) is 6.38. The van der Waals surface area contributed by atoms with Crippen LogP contribution in [0.1, 0.15) is 52.6 Å². The molecule has 4 nitrogen and oxygen atoms in total. The van der Waals surface area contributed by atoms with Gasteiger partial charge in [-0.2, -0.15) is 0 Å². The van der Waals surface area contributed by atoms with Crippen LogP contribution in [0.15, 0.2) is 78.9 Å². The molecule has 0 aliphatic heterocycles. The normalized spacial score (nSPS) is 11.4. The zero-order valence-corrected chi connectivity index (χ0v) is 18.2. The van der Waals surface area contributed by atoms with Crippen molar-refractivity contribution in [2.45, 2.75) is 26.2 Å². The van der Waals surface area contributed by atoms with E-state index in [9.17, 15) is 9.59 Å². The molecule has 0 bridgehead atoms. The SMILES string of the molecule is COc1ccc(C(=O)C=Cc2ccc(OC(=O)c3ccc(C(C)(C)C)cc3)cc2)cc1. The van der Waals surface area contributed by atoms with E-state index in [4.69, 9.17) is 9.47 Å². The minimum atomic E-state index is -0.404. The molecule has 4 heteroatoms. The van der Waals surface area contributed by atoms with Crippen molar-refractivity contribution in [2.75, 3.05) is 7.11 Å². The molecule has 0 unspecified atom stereocenters. The summed E-state index contributed by atoms with van der Waals surface area (Å²) in [6.07, 6.45) is 3.24. The first-order valence-corrected chi connectivity index (χ1v) is 10.1. The predicted molar refractivity (Wildman–Crippen MR) is 123 cm³/mol. The Morgan fingerprint density at radius 2 is 1.29 bits per heavy atom. The van der Waals surface area contributed by atoms with Crippen molar-refractivity contribution in [1.29, 1.82) is 0 Å². The van der Waals surface area contributed by atoms with Crippen LogP contribution < -0.4 is 9.47 Å². The fraction of sp³-hybridized carbons (Fsp3) is 0.185. The van der Waals surface area contributed by atoms with E-state index in [1.54, 1.807) is 73.8 Å². The third kappa shape index (κ3) is 5.92. The van der Waals surface area contributed by atoms with Gasteiger partial charge < -0.3 is 9.47 Å². The monoisotopic (exact) mass is 414 g/mol. The van der Waals surface area contributed by atoms with Gasteiger partial charge in [0.2, 0.25) is 0 Å². The van der Waals surface area contributed by atoms with E-state index in [1.807, 2.05) is 12.1 Å². The van der Waals surface area contributed by atoms with Crippen LogP contribution in [0.3, 0.4) is 0 Å². The number of carbonyl (C=O) groups is 2. The molecule has 0 heterocycles. The zero-order chi connectivity index (χ0) is 22.4. The summed E-state index contributed by atoms with van der Waals surface area (Å²) in [5.41, 5.74) is 3.10. The molecular formula is C27H26O4. The Morgan fingerprint density at radius 3 is 1.84 bits per heavy atom. The second-order valence-corrected chi connectivity index (χ2v) is 8.21. The van der Waals surface area contributed by atoms with E-state index >= 15 is 0 Å². The van der Waals surface area contributed by atoms with Crippen LogP contribution in [0.2, 0.25) is 0 Å². The summed E-state index contributed by atoms with van der Waals surface area (Å²) >= 11 is 0. The first-order valence-electron chi connectivity index (χ1n) is 10.1. The second kappa shape index (κ2) is 9.43. The Morgan fingerprint density at radius 1 is 0.742 bits per heavy atom. The van der Waals surface area contributed by atoms with E-state index in [-0.39, 0.29) is 11.2 Å². The number of allylic oxidation sites excluding steroid dienone is 1. The quantitative estimate of drug-likeness (QED) is 0.211. The topological polar surface area (TPSA) is 52.6 Å². The Balaban J connectivity index is 1.61. The van der Waals surface area contributed by atoms with Crippen LogP contribution in [-0.4, -0.2) is 18.9 Å². The van der Waals surface area contributed by atoms with Crippen LogP contribution >= 0.6 is 0 Å². The molecule has 158 valence electrons. The minimum absolute atomic E-state index is 0.0283. The molecule has 0 saturated heterocycles. The largest absolute Gasteiger partial charge is 0.497 e. The fourth-order valence-electron chi connectivity index (χ4n) is 2.94. The number of esters is 1. The van der Waals surface area contributed by atoms with Crippen molar-refractivity contribution in [2.24, 2.45) is 0 Å². The molecule has 0 aliphatic rings. The highest BCUT2D eigenvalue weighted by Crippen LogP contribution is 2.23. The van der Waals surface area contributed by atoms with Gasteiger partial charge in [0.05, 0.1) is 12.7 Å². The van der Waals surface area contributed by atoms with E-state index in [0.717, 1.165) is 11.1 Å². The van der Waals surface area contributed by atoms with Crippen LogP contribution in [-0.2, 0) is 5.41 Å². The second-order valence-electron chi connectivity index (χ2n) is 8.21. The average molecular weight is 415 g/mol. The molecule has 0 radical (unpaired) electrons. The van der Waals surface area contributed by atoms with Gasteiger partial charge in [0.25, 0.3) is 0 Å². The minimum Gasteiger partial charge on any atom is -0.497 e. The van der Waals surface area contributed by atoms with Crippen molar-refractivity contribution in [3.05, 3.63) is 101 Å². The van der Waals surface area contributed by atoms with Gasteiger partial charge in [-0.3, -0.25) is 4.79 Å². The maximum Gasteiger partial charge on any atom is 0.343 e. The molecule has 0 fully saturated rings. The van der Waals surface area contributed by atoms with Gasteiger partial charge in [0, 0.05) is 5.56 Å². The number of ether oxygens (including phenoxy) is 2. The van der Waals surface area contributed by atoms with Crippen molar-refractivity contribution < 1.29 is 19.1 Å². The van der Waals surface area contributed by atoms with Crippen molar-refractivity contribution in [3.8, 4) is 11.5 Å². The number of benzene rings is 3. The Bertz CT molecular complexity index is 1070. The van der Waals surface area contributed by atoms with Gasteiger partial charge in [-0.05, 0) is 71.1 Å². The molecule has 0 aromatic heterocycles. The molecule has 0 spiro atoms. The zero-order valence-electron chi connectivity index (χ0n) is 18.2. The molecule has 0 amide bonds. The van der Waals surface area contributed by atoms with E-state index in [0.29, 0.717) is 22.6 Å². The molecule has 0 N–H and O–H groups in total. The van der Waals surface area contributed by atoms with Crippen molar-refractivity contribution in [3.63, 3.8) is 0 Å². The summed E-state index contributed by atoms with van der Waals surface area (Å²) in [4.78, 5) is 24.7. The molecule has 0 saturated carbocycles. The van der Waals surface area contributed by atoms with Crippen LogP contribution in [0.25, 0.3) is 6.08 Å². The Kier molecular flexibility index (Phi) is 6.71. The molecule has 3 aromatic carbocycles. The number of methoxy groups -OCH3 is 1. The van der Waals surface area contributed by atoms with E-state index in [1.165, 1.54) is 6.08 Å². The molecule has 0 atom stereocenters. The molecule has 0 aliphatic carbocycles. The molecule has 3 rings (SSSR count). The third-order valence-corrected chi connectivity index (χ3v) is 4.88. The van der Waals surface area contributed by atoms with Crippen LogP contribution in [0.5, 0.6) is 11.5 Å². The number of rotatable bonds is 6. The first kappa shape index (κ1) is 22.0. The summed E-state index contributed by atoms with van der Waals surface area (Å²) in [6, 6.07) is 21.4. The lowest BCUT2D eigenvalue weighted by Crippen LogP contribution is -2.12. The van der Waals surface area contributed by atoms with Crippen LogP contribution in [0, 0.1) is 0 Å². The van der Waals surface area contributed by atoms with Gasteiger partial charge in [-0.15, -0.1) is 0 Å². The summed E-state index contributed by atoms with van der Waals surface area (Å²) in [5.74, 6) is 0.648. The third-order valence-electron chi connectivity index (χ3n) is 4.88. The van der Waals surface area contributed by atoms with Gasteiger partial charge >= 0.3 is 5.97 Å². The summed E-state index contributed by atoms with van der Waals surface area (Å²) < 4.78 is 10.6. The predicted octanol–water partition coefficient (Wildman–Crippen LogP) is 6.11. The molecule has 31 heavy (non-hydrogen) atoms. The Hall–Kier alpha value is -3.66. The summed E-state index contributed by atoms with van der Waals surface area (Å²) in [7, 11) is 1.58. The van der Waals surface area contributed by atoms with Gasteiger partial charge in [-0.1, -0.05) is 51.1 Å². The average Bonchev–Trinajstić information content (AvgIpc) is 2.78. The number of hydrogen-bond donors (Lipinski definition) is 0. The van der Waals surface area contributed by atoms with Gasteiger partial charge in [0.15, 0.2) is 5.78 Å². The van der Waals surface area contributed by atoms with Crippen molar-refractivity contribution in [1.82, 2.24) is 0 Å². The van der Waals surface area contributed by atoms with Crippen molar-refractivity contribution >= 4 is 17.8 Å². The standard InChI is InChI=1S/C27H26O4/c1-27(2,3)22-12-8-21(9-13-22)26(29)31-24-14-5-19(6-15-24)7-18-25(28)20-10-16-23(30-4)17-11-20/h5-18H,1-4H3. The van der Waals surface area contributed by atoms with Gasteiger partial charge in [0.1, 0.15) is 11.5 Å². The van der Waals surface area contributed by atoms with E-state index in [2.05, 4.69) is 20.8 Å². The maximum absolute atomic E-state index is 12.4. The number of carbonyl (C=O) groups excluding carboxylic acids is 2. The molecule has 3 aromatic rings. The smallest absolute Gasteiger partial charge is 0.343 e. The maximum atomic E-state index is 12.4. The lowest BCUT2D eigenvalue weighted by Gasteiger charge is -2.18. The van der Waals surface area contributed by atoms with E-state index < -0.39 is 5.97 Å². The van der Waals surface area contributed by atoms with Gasteiger partial charge in [-0.25, -0.2) is 4.79 Å². The lowest BCUT2D eigenvalue weighted by molar-refractivity contribution is 0.0734. The highest BCUT2D eigenvalue weighted by Gasteiger charge is 2.15. The number of ketones is 1.